The SMILES string of the molecule is O=C(c1cccnc1N1CCCC1)N1CCN(Cc2ccccn2)CC1. The molecule has 6 nitrogen and oxygen atoms in total. The van der Waals surface area contributed by atoms with Crippen molar-refractivity contribution >= 4 is 11.7 Å². The van der Waals surface area contributed by atoms with Crippen LogP contribution in [0.15, 0.2) is 42.7 Å². The molecular formula is C20H25N5O. The maximum Gasteiger partial charge on any atom is 0.257 e. The van der Waals surface area contributed by atoms with Crippen LogP contribution in [0.1, 0.15) is 28.9 Å². The fourth-order valence-electron chi connectivity index (χ4n) is 3.75. The second-order valence-corrected chi connectivity index (χ2v) is 6.96. The van der Waals surface area contributed by atoms with Crippen LogP contribution in [0.5, 0.6) is 0 Å². The van der Waals surface area contributed by atoms with Gasteiger partial charge in [-0.25, -0.2) is 4.98 Å². The topological polar surface area (TPSA) is 52.6 Å². The molecule has 26 heavy (non-hydrogen) atoms. The van der Waals surface area contributed by atoms with Gasteiger partial charge in [-0.2, -0.15) is 0 Å². The van der Waals surface area contributed by atoms with Crippen molar-refractivity contribution in [1.29, 1.82) is 0 Å². The lowest BCUT2D eigenvalue weighted by Gasteiger charge is -2.35. The molecule has 2 aliphatic rings. The Morgan fingerprint density at radius 1 is 0.885 bits per heavy atom. The van der Waals surface area contributed by atoms with Crippen LogP contribution in [-0.4, -0.2) is 64.9 Å². The highest BCUT2D eigenvalue weighted by Crippen LogP contribution is 2.23. The number of anilines is 1. The van der Waals surface area contributed by atoms with Gasteiger partial charge in [0.05, 0.1) is 11.3 Å². The smallest absolute Gasteiger partial charge is 0.257 e. The Morgan fingerprint density at radius 2 is 1.65 bits per heavy atom. The van der Waals surface area contributed by atoms with Crippen molar-refractivity contribution in [2.45, 2.75) is 19.4 Å². The summed E-state index contributed by atoms with van der Waals surface area (Å²) < 4.78 is 0. The van der Waals surface area contributed by atoms with Gasteiger partial charge in [0.25, 0.3) is 5.91 Å². The molecule has 6 heteroatoms. The highest BCUT2D eigenvalue weighted by atomic mass is 16.2. The summed E-state index contributed by atoms with van der Waals surface area (Å²) in [6.07, 6.45) is 5.97. The fourth-order valence-corrected chi connectivity index (χ4v) is 3.75. The van der Waals surface area contributed by atoms with Crippen LogP contribution in [0.2, 0.25) is 0 Å². The summed E-state index contributed by atoms with van der Waals surface area (Å²) in [6.45, 7) is 6.09. The Labute approximate surface area is 154 Å². The van der Waals surface area contributed by atoms with Crippen molar-refractivity contribution in [2.75, 3.05) is 44.2 Å². The summed E-state index contributed by atoms with van der Waals surface area (Å²) in [5.41, 5.74) is 1.82. The van der Waals surface area contributed by atoms with Crippen LogP contribution in [0.4, 0.5) is 5.82 Å². The molecule has 0 spiro atoms. The third-order valence-corrected chi connectivity index (χ3v) is 5.19. The van der Waals surface area contributed by atoms with E-state index in [0.29, 0.717) is 0 Å². The molecule has 1 amide bonds. The van der Waals surface area contributed by atoms with E-state index in [1.54, 1.807) is 6.20 Å². The third kappa shape index (κ3) is 3.70. The molecule has 0 N–H and O–H groups in total. The van der Waals surface area contributed by atoms with E-state index in [2.05, 4.69) is 25.8 Å². The second-order valence-electron chi connectivity index (χ2n) is 6.96. The van der Waals surface area contributed by atoms with E-state index in [0.717, 1.165) is 62.9 Å². The first-order valence-electron chi connectivity index (χ1n) is 9.43. The Balaban J connectivity index is 1.39. The molecule has 2 saturated heterocycles. The van der Waals surface area contributed by atoms with Gasteiger partial charge in [-0.05, 0) is 37.1 Å². The summed E-state index contributed by atoms with van der Waals surface area (Å²) in [6, 6.07) is 9.79. The first kappa shape index (κ1) is 17.0. The van der Waals surface area contributed by atoms with Gasteiger partial charge in [-0.3, -0.25) is 14.7 Å². The zero-order valence-corrected chi connectivity index (χ0v) is 15.0. The second kappa shape index (κ2) is 7.83. The Morgan fingerprint density at radius 3 is 2.38 bits per heavy atom. The number of piperazine rings is 1. The van der Waals surface area contributed by atoms with Gasteiger partial charge in [0.15, 0.2) is 0 Å². The van der Waals surface area contributed by atoms with Gasteiger partial charge < -0.3 is 9.80 Å². The molecule has 2 aromatic heterocycles. The zero-order chi connectivity index (χ0) is 17.8. The number of pyridine rings is 2. The molecule has 0 radical (unpaired) electrons. The summed E-state index contributed by atoms with van der Waals surface area (Å²) in [5, 5.41) is 0. The Kier molecular flexibility index (Phi) is 5.11. The molecule has 0 bridgehead atoms. The Bertz CT molecular complexity index is 737. The number of hydrogen-bond donors (Lipinski definition) is 0. The summed E-state index contributed by atoms with van der Waals surface area (Å²) in [4.78, 5) is 28.5. The summed E-state index contributed by atoms with van der Waals surface area (Å²) >= 11 is 0. The van der Waals surface area contributed by atoms with E-state index in [9.17, 15) is 4.79 Å². The van der Waals surface area contributed by atoms with Crippen LogP contribution < -0.4 is 4.90 Å². The van der Waals surface area contributed by atoms with Crippen molar-refractivity contribution in [3.63, 3.8) is 0 Å². The standard InChI is InChI=1S/C20H25N5O/c26-20(18-7-5-9-22-19(18)24-10-3-4-11-24)25-14-12-23(13-15-25)16-17-6-1-2-8-21-17/h1-2,5-9H,3-4,10-16H2. The highest BCUT2D eigenvalue weighted by Gasteiger charge is 2.26. The first-order valence-corrected chi connectivity index (χ1v) is 9.43. The molecule has 0 aromatic carbocycles. The van der Waals surface area contributed by atoms with Gasteiger partial charge in [-0.1, -0.05) is 6.07 Å². The minimum Gasteiger partial charge on any atom is -0.356 e. The highest BCUT2D eigenvalue weighted by molar-refractivity contribution is 5.99. The van der Waals surface area contributed by atoms with Crippen LogP contribution in [0.25, 0.3) is 0 Å². The lowest BCUT2D eigenvalue weighted by atomic mass is 10.2. The largest absolute Gasteiger partial charge is 0.356 e. The van der Waals surface area contributed by atoms with Crippen LogP contribution >= 0.6 is 0 Å². The number of carbonyl (C=O) groups excluding carboxylic acids is 1. The van der Waals surface area contributed by atoms with Gasteiger partial charge in [0, 0.05) is 58.2 Å². The van der Waals surface area contributed by atoms with Crippen molar-refractivity contribution in [3.8, 4) is 0 Å². The van der Waals surface area contributed by atoms with E-state index in [1.807, 2.05) is 35.4 Å². The lowest BCUT2D eigenvalue weighted by molar-refractivity contribution is 0.0627. The average Bonchev–Trinajstić information content (AvgIpc) is 3.24. The van der Waals surface area contributed by atoms with Crippen LogP contribution in [-0.2, 0) is 6.54 Å². The molecule has 2 fully saturated rings. The van der Waals surface area contributed by atoms with Gasteiger partial charge in [0.2, 0.25) is 0 Å². The van der Waals surface area contributed by atoms with Gasteiger partial charge in [0.1, 0.15) is 5.82 Å². The fraction of sp³-hybridized carbons (Fsp3) is 0.450. The molecule has 4 rings (SSSR count). The summed E-state index contributed by atoms with van der Waals surface area (Å²) in [7, 11) is 0. The first-order chi connectivity index (χ1) is 12.8. The van der Waals surface area contributed by atoms with Crippen molar-refractivity contribution in [2.24, 2.45) is 0 Å². The average molecular weight is 351 g/mol. The molecular weight excluding hydrogens is 326 g/mol. The number of rotatable bonds is 4. The molecule has 2 aromatic rings. The monoisotopic (exact) mass is 351 g/mol. The van der Waals surface area contributed by atoms with E-state index < -0.39 is 0 Å². The normalized spacial score (nSPS) is 18.3. The summed E-state index contributed by atoms with van der Waals surface area (Å²) in [5.74, 6) is 0.961. The van der Waals surface area contributed by atoms with E-state index in [-0.39, 0.29) is 5.91 Å². The number of carbonyl (C=O) groups is 1. The molecule has 0 unspecified atom stereocenters. The van der Waals surface area contributed by atoms with Crippen LogP contribution in [0.3, 0.4) is 0 Å². The maximum absolute atomic E-state index is 13.1. The maximum atomic E-state index is 13.1. The minimum atomic E-state index is 0.109. The quantitative estimate of drug-likeness (QED) is 0.844. The predicted octanol–water partition coefficient (Wildman–Crippen LogP) is 2.03. The molecule has 0 aliphatic carbocycles. The number of amides is 1. The number of hydrogen-bond acceptors (Lipinski definition) is 5. The van der Waals surface area contributed by atoms with E-state index in [4.69, 9.17) is 0 Å². The number of nitrogens with zero attached hydrogens (tertiary/aromatic N) is 5. The molecule has 0 atom stereocenters. The number of aromatic nitrogens is 2. The Hall–Kier alpha value is -2.47. The van der Waals surface area contributed by atoms with Crippen molar-refractivity contribution in [3.05, 3.63) is 54.0 Å². The minimum absolute atomic E-state index is 0.109. The van der Waals surface area contributed by atoms with Crippen molar-refractivity contribution in [1.82, 2.24) is 19.8 Å². The van der Waals surface area contributed by atoms with Crippen molar-refractivity contribution < 1.29 is 4.79 Å². The third-order valence-electron chi connectivity index (χ3n) is 5.19. The molecule has 4 heterocycles. The lowest BCUT2D eigenvalue weighted by Crippen LogP contribution is -2.48. The van der Waals surface area contributed by atoms with Gasteiger partial charge in [-0.15, -0.1) is 0 Å². The van der Waals surface area contributed by atoms with E-state index >= 15 is 0 Å². The predicted molar refractivity (Wildman–Crippen MR) is 101 cm³/mol. The van der Waals surface area contributed by atoms with E-state index in [1.165, 1.54) is 12.8 Å². The van der Waals surface area contributed by atoms with Gasteiger partial charge >= 0.3 is 0 Å². The molecule has 2 aliphatic heterocycles. The molecule has 136 valence electrons. The zero-order valence-electron chi connectivity index (χ0n) is 15.0. The molecule has 0 saturated carbocycles. The van der Waals surface area contributed by atoms with Crippen LogP contribution in [0, 0.1) is 0 Å².